The van der Waals surface area contributed by atoms with Crippen molar-refractivity contribution in [1.29, 1.82) is 0 Å². The highest BCUT2D eigenvalue weighted by atomic mass is 31.1. The molecule has 2 heterocycles. The first-order valence-electron chi connectivity index (χ1n) is 26.2. The van der Waals surface area contributed by atoms with Crippen LogP contribution in [0, 0.1) is 55.4 Å². The standard InChI is InChI=1S/C24H32O3.C24H30O3.2C7H7O2P.2O2/c2*1-17(14-15-20-10-6-4-7-11-20)22-18(2)19(3)23(24(25)27-22)26-16-21-12-8-5-9-13-21;2*8-10-9-6-7-4-2-1-3-5-7;2*1-2/h4-13,17-19,22-25H,14-16H2,1-3H3;4-13,17-19,22-23H,14-16H2,1-3H3;2*1-5H,6H2;;/t17-,18+,19+,22?,23?,24?;17-,18+,19+,22?,23?;;;;/m11..../s1. The topological polar surface area (TPSA) is 195 Å². The minimum absolute atomic E-state index is 0.0483. The van der Waals surface area contributed by atoms with Crippen LogP contribution in [0.4, 0.5) is 0 Å². The zero-order valence-corrected chi connectivity index (χ0v) is 47.3. The summed E-state index contributed by atoms with van der Waals surface area (Å²) in [5.74, 6) is 1.47. The number of hydrogen-bond acceptors (Lipinski definition) is 14. The van der Waals surface area contributed by atoms with E-state index in [1.807, 2.05) is 133 Å². The highest BCUT2D eigenvalue weighted by Crippen LogP contribution is 2.37. The minimum Gasteiger partial charge on any atom is -0.460 e. The van der Waals surface area contributed by atoms with Gasteiger partial charge in [0.2, 0.25) is 0 Å². The molecule has 0 aliphatic carbocycles. The molecule has 0 saturated carbocycles. The van der Waals surface area contributed by atoms with Crippen LogP contribution >= 0.6 is 17.4 Å². The van der Waals surface area contributed by atoms with Crippen molar-refractivity contribution in [2.75, 3.05) is 0 Å². The van der Waals surface area contributed by atoms with Crippen molar-refractivity contribution < 1.29 is 47.0 Å². The fourth-order valence-corrected chi connectivity index (χ4v) is 9.75. The lowest BCUT2D eigenvalue weighted by Gasteiger charge is -2.44. The number of benzene rings is 6. The van der Waals surface area contributed by atoms with Gasteiger partial charge in [-0.1, -0.05) is 224 Å². The molecule has 78 heavy (non-hydrogen) atoms. The van der Waals surface area contributed by atoms with Crippen LogP contribution in [0.1, 0.15) is 87.8 Å². The van der Waals surface area contributed by atoms with Crippen molar-refractivity contribution >= 4 is 23.3 Å². The van der Waals surface area contributed by atoms with Gasteiger partial charge in [-0.3, -0.25) is 9.05 Å². The van der Waals surface area contributed by atoms with Crippen molar-refractivity contribution in [2.24, 2.45) is 35.5 Å². The Morgan fingerprint density at radius 2 is 0.769 bits per heavy atom. The molecule has 14 nitrogen and oxygen atoms in total. The maximum atomic E-state index is 12.6. The SMILES string of the molecule is C[C@H](CCc1ccccc1)C1OC(=O)C(OCc2ccccc2)[C@@H](C)[C@@H]1C.C[C@H](CCc1ccccc1)C1OC(O)C(OCc2ccccc2)[C@@H](C)[C@@H]1C.O=O.O=O.O=POCc1ccccc1.O=POCc1ccccc1. The molecule has 1 N–H and O–H groups in total. The van der Waals surface area contributed by atoms with Crippen LogP contribution in [-0.2, 0) is 81.2 Å². The van der Waals surface area contributed by atoms with Crippen molar-refractivity contribution in [3.8, 4) is 0 Å². The van der Waals surface area contributed by atoms with E-state index in [-0.39, 0.29) is 59.4 Å². The fraction of sp³-hybridized carbons (Fsp3) is 0.403. The van der Waals surface area contributed by atoms with Crippen LogP contribution in [0.15, 0.2) is 182 Å². The van der Waals surface area contributed by atoms with E-state index in [4.69, 9.17) is 38.8 Å². The molecule has 2 aliphatic heterocycles. The summed E-state index contributed by atoms with van der Waals surface area (Å²) >= 11 is 0. The molecule has 6 aromatic carbocycles. The molecule has 418 valence electrons. The van der Waals surface area contributed by atoms with Crippen LogP contribution < -0.4 is 0 Å². The second-order valence-electron chi connectivity index (χ2n) is 19.5. The maximum absolute atomic E-state index is 12.6. The number of aliphatic hydroxyl groups excluding tert-OH is 1. The summed E-state index contributed by atoms with van der Waals surface area (Å²) in [4.78, 5) is 40.6. The van der Waals surface area contributed by atoms with Gasteiger partial charge in [0, 0.05) is 19.9 Å². The number of cyclic esters (lactones) is 1. The fourth-order valence-electron chi connectivity index (χ4n) is 9.34. The summed E-state index contributed by atoms with van der Waals surface area (Å²) in [6.45, 7) is 14.9. The summed E-state index contributed by atoms with van der Waals surface area (Å²) in [5.41, 5.74) is 6.94. The molecule has 0 radical (unpaired) electrons. The third kappa shape index (κ3) is 23.9. The van der Waals surface area contributed by atoms with Crippen LogP contribution in [0.2, 0.25) is 0 Å². The third-order valence-corrected chi connectivity index (χ3v) is 14.6. The third-order valence-electron chi connectivity index (χ3n) is 14.1. The second-order valence-corrected chi connectivity index (χ2v) is 20.3. The molecule has 0 aromatic heterocycles. The molecule has 8 rings (SSSR count). The van der Waals surface area contributed by atoms with E-state index < -0.39 is 12.4 Å². The lowest BCUT2D eigenvalue weighted by molar-refractivity contribution is -0.273. The Labute approximate surface area is 463 Å². The van der Waals surface area contributed by atoms with Gasteiger partial charge in [0.25, 0.3) is 0 Å². The van der Waals surface area contributed by atoms with E-state index in [0.29, 0.717) is 44.2 Å². The average Bonchev–Trinajstić information content (AvgIpc) is 3.51. The number of rotatable bonds is 20. The van der Waals surface area contributed by atoms with E-state index in [9.17, 15) is 19.0 Å². The number of ether oxygens (including phenoxy) is 4. The van der Waals surface area contributed by atoms with E-state index in [1.165, 1.54) is 11.1 Å². The summed E-state index contributed by atoms with van der Waals surface area (Å²) < 4.78 is 52.9. The Bertz CT molecular complexity index is 2420. The van der Waals surface area contributed by atoms with Gasteiger partial charge in [0.15, 0.2) is 12.4 Å². The first-order chi connectivity index (χ1) is 38.0. The smallest absolute Gasteiger partial charge is 0.335 e. The zero-order valence-electron chi connectivity index (χ0n) is 45.5. The maximum Gasteiger partial charge on any atom is 0.335 e. The van der Waals surface area contributed by atoms with Gasteiger partial charge in [-0.05, 0) is 94.6 Å². The molecule has 2 fully saturated rings. The number of aliphatic hydroxyl groups is 1. The van der Waals surface area contributed by atoms with Gasteiger partial charge >= 0.3 is 23.3 Å². The normalized spacial score (nSPS) is 22.0. The van der Waals surface area contributed by atoms with Crippen molar-refractivity contribution in [3.63, 3.8) is 0 Å². The van der Waals surface area contributed by atoms with E-state index in [1.54, 1.807) is 0 Å². The minimum atomic E-state index is -0.871. The average molecular weight is 1110 g/mol. The van der Waals surface area contributed by atoms with Gasteiger partial charge in [0.1, 0.15) is 12.2 Å². The highest BCUT2D eigenvalue weighted by Gasteiger charge is 2.45. The number of aryl methyl sites for hydroxylation is 2. The van der Waals surface area contributed by atoms with Crippen molar-refractivity contribution in [3.05, 3.63) is 235 Å². The Kier molecular flexibility index (Phi) is 33.4. The van der Waals surface area contributed by atoms with Crippen molar-refractivity contribution in [1.82, 2.24) is 0 Å². The molecular weight excluding hydrogens is 1030 g/mol. The predicted octanol–water partition coefficient (Wildman–Crippen LogP) is 14.8. The number of esters is 1. The van der Waals surface area contributed by atoms with Gasteiger partial charge in [-0.15, -0.1) is 0 Å². The number of carbonyl (C=O) groups excluding carboxylic acids is 1. The van der Waals surface area contributed by atoms with Crippen LogP contribution in [-0.4, -0.2) is 41.8 Å². The molecule has 2 saturated heterocycles. The predicted molar refractivity (Wildman–Crippen MR) is 306 cm³/mol. The Balaban J connectivity index is 0.000000292. The molecule has 0 amide bonds. The van der Waals surface area contributed by atoms with E-state index in [2.05, 4.69) is 99.1 Å². The molecule has 0 bridgehead atoms. The van der Waals surface area contributed by atoms with Crippen LogP contribution in [0.25, 0.3) is 0 Å². The molecular formula is C62H76O14P2. The Hall–Kier alpha value is -6.05. The molecule has 11 atom stereocenters. The van der Waals surface area contributed by atoms with Gasteiger partial charge in [0.05, 0.1) is 32.5 Å². The zero-order chi connectivity index (χ0) is 56.9. The lowest BCUT2D eigenvalue weighted by atomic mass is 9.77. The summed E-state index contributed by atoms with van der Waals surface area (Å²) in [7, 11) is -0.520. The largest absolute Gasteiger partial charge is 0.460 e. The second kappa shape index (κ2) is 39.3. The summed E-state index contributed by atoms with van der Waals surface area (Å²) in [6, 6.07) is 60.3. The monoisotopic (exact) mass is 1110 g/mol. The van der Waals surface area contributed by atoms with Gasteiger partial charge in [-0.2, -0.15) is 0 Å². The Morgan fingerprint density at radius 1 is 0.449 bits per heavy atom. The number of carbonyl (C=O) groups is 1. The van der Waals surface area contributed by atoms with E-state index >= 15 is 0 Å². The summed E-state index contributed by atoms with van der Waals surface area (Å²) in [5, 5.41) is 10.6. The van der Waals surface area contributed by atoms with Gasteiger partial charge in [-0.25, -0.2) is 13.9 Å². The molecule has 2 aliphatic rings. The highest BCUT2D eigenvalue weighted by molar-refractivity contribution is 7.17. The Morgan fingerprint density at radius 3 is 1.14 bits per heavy atom. The first kappa shape index (κ1) is 66.2. The van der Waals surface area contributed by atoms with Crippen molar-refractivity contribution in [2.45, 2.75) is 124 Å². The molecule has 16 heteroatoms. The molecule has 5 unspecified atom stereocenters. The summed E-state index contributed by atoms with van der Waals surface area (Å²) in [6.07, 6.45) is 2.45. The number of hydrogen-bond donors (Lipinski definition) is 1. The van der Waals surface area contributed by atoms with Gasteiger partial charge < -0.3 is 24.1 Å². The quantitative estimate of drug-likeness (QED) is 0.0560. The van der Waals surface area contributed by atoms with E-state index in [0.717, 1.165) is 47.9 Å². The van der Waals surface area contributed by atoms with Crippen LogP contribution in [0.3, 0.4) is 0 Å². The first-order valence-corrected chi connectivity index (χ1v) is 27.7. The molecule has 0 spiro atoms. The molecule has 6 aromatic rings. The lowest BCUT2D eigenvalue weighted by Crippen LogP contribution is -2.52. The van der Waals surface area contributed by atoms with Crippen LogP contribution in [0.5, 0.6) is 0 Å².